The Morgan fingerprint density at radius 3 is 2.38 bits per heavy atom. The molecule has 0 bridgehead atoms. The number of aliphatic carboxylic acids is 1. The summed E-state index contributed by atoms with van der Waals surface area (Å²) in [6.07, 6.45) is 0.125. The molecule has 1 atom stereocenters. The van der Waals surface area contributed by atoms with E-state index in [2.05, 4.69) is 5.32 Å². The highest BCUT2D eigenvalue weighted by Crippen LogP contribution is 2.24. The van der Waals surface area contributed by atoms with Crippen molar-refractivity contribution in [1.29, 1.82) is 0 Å². The van der Waals surface area contributed by atoms with Gasteiger partial charge in [0.15, 0.2) is 0 Å². The van der Waals surface area contributed by atoms with Crippen LogP contribution in [0, 0.1) is 13.8 Å². The quantitative estimate of drug-likeness (QED) is 0.802. The van der Waals surface area contributed by atoms with Gasteiger partial charge in [0.25, 0.3) is 0 Å². The molecule has 0 spiro atoms. The van der Waals surface area contributed by atoms with Crippen molar-refractivity contribution in [3.63, 3.8) is 0 Å². The molecular formula is C13H19NO2. The standard InChI is InChI=1S/C13H19NO2/c1-4-14-11(8-12(15)16)13-9(2)6-5-7-10(13)3/h5-7,11,14H,4,8H2,1-3H3,(H,15,16). The van der Waals surface area contributed by atoms with Crippen LogP contribution in [0.1, 0.15) is 36.1 Å². The molecule has 0 saturated heterocycles. The Hall–Kier alpha value is -1.35. The molecule has 0 aliphatic heterocycles. The van der Waals surface area contributed by atoms with Crippen LogP contribution >= 0.6 is 0 Å². The first-order chi connectivity index (χ1) is 7.56. The second-order valence-corrected chi connectivity index (χ2v) is 4.01. The molecule has 0 fully saturated rings. The Balaban J connectivity index is 3.04. The van der Waals surface area contributed by atoms with E-state index in [-0.39, 0.29) is 12.5 Å². The van der Waals surface area contributed by atoms with E-state index in [1.165, 1.54) is 0 Å². The van der Waals surface area contributed by atoms with E-state index in [0.717, 1.165) is 23.2 Å². The fraction of sp³-hybridized carbons (Fsp3) is 0.462. The summed E-state index contributed by atoms with van der Waals surface area (Å²) in [7, 11) is 0. The minimum Gasteiger partial charge on any atom is -0.481 e. The first-order valence-electron chi connectivity index (χ1n) is 5.57. The van der Waals surface area contributed by atoms with Crippen LogP contribution in [0.3, 0.4) is 0 Å². The van der Waals surface area contributed by atoms with Crippen molar-refractivity contribution >= 4 is 5.97 Å². The molecule has 16 heavy (non-hydrogen) atoms. The highest BCUT2D eigenvalue weighted by atomic mass is 16.4. The second-order valence-electron chi connectivity index (χ2n) is 4.01. The molecule has 3 heteroatoms. The van der Waals surface area contributed by atoms with Gasteiger partial charge in [0.1, 0.15) is 0 Å². The number of carbonyl (C=O) groups is 1. The number of rotatable bonds is 5. The summed E-state index contributed by atoms with van der Waals surface area (Å²) in [5.74, 6) is -0.770. The molecule has 0 aliphatic carbocycles. The smallest absolute Gasteiger partial charge is 0.305 e. The molecule has 88 valence electrons. The van der Waals surface area contributed by atoms with Crippen molar-refractivity contribution in [2.24, 2.45) is 0 Å². The second kappa shape index (κ2) is 5.66. The van der Waals surface area contributed by atoms with Crippen molar-refractivity contribution < 1.29 is 9.90 Å². The number of nitrogens with one attached hydrogen (secondary N) is 1. The Morgan fingerprint density at radius 1 is 1.38 bits per heavy atom. The molecule has 0 heterocycles. The van der Waals surface area contributed by atoms with Crippen molar-refractivity contribution in [3.05, 3.63) is 34.9 Å². The lowest BCUT2D eigenvalue weighted by Gasteiger charge is -2.20. The van der Waals surface area contributed by atoms with Gasteiger partial charge in [-0.25, -0.2) is 0 Å². The monoisotopic (exact) mass is 221 g/mol. The van der Waals surface area contributed by atoms with Gasteiger partial charge in [-0.2, -0.15) is 0 Å². The molecule has 1 unspecified atom stereocenters. The highest BCUT2D eigenvalue weighted by Gasteiger charge is 2.17. The zero-order valence-electron chi connectivity index (χ0n) is 10.1. The lowest BCUT2D eigenvalue weighted by molar-refractivity contribution is -0.137. The Labute approximate surface area is 96.5 Å². The first-order valence-corrected chi connectivity index (χ1v) is 5.57. The molecule has 0 radical (unpaired) electrons. The van der Waals surface area contributed by atoms with Crippen LogP contribution in [0.15, 0.2) is 18.2 Å². The van der Waals surface area contributed by atoms with Crippen LogP contribution in [0.2, 0.25) is 0 Å². The highest BCUT2D eigenvalue weighted by molar-refractivity contribution is 5.68. The van der Waals surface area contributed by atoms with E-state index in [1.807, 2.05) is 39.0 Å². The van der Waals surface area contributed by atoms with E-state index in [4.69, 9.17) is 5.11 Å². The van der Waals surface area contributed by atoms with Gasteiger partial charge in [-0.3, -0.25) is 4.79 Å². The minimum atomic E-state index is -0.770. The maximum absolute atomic E-state index is 10.8. The van der Waals surface area contributed by atoms with Gasteiger partial charge in [0, 0.05) is 6.04 Å². The molecule has 0 saturated carbocycles. The molecule has 1 aromatic rings. The number of hydrogen-bond donors (Lipinski definition) is 2. The number of hydrogen-bond acceptors (Lipinski definition) is 2. The molecule has 0 aromatic heterocycles. The van der Waals surface area contributed by atoms with Crippen LogP contribution in [0.25, 0.3) is 0 Å². The van der Waals surface area contributed by atoms with Crippen molar-refractivity contribution in [1.82, 2.24) is 5.32 Å². The predicted octanol–water partition coefficient (Wildman–Crippen LogP) is 2.43. The fourth-order valence-corrected chi connectivity index (χ4v) is 2.07. The van der Waals surface area contributed by atoms with E-state index < -0.39 is 5.97 Å². The summed E-state index contributed by atoms with van der Waals surface area (Å²) in [5, 5.41) is 12.1. The van der Waals surface area contributed by atoms with E-state index >= 15 is 0 Å². The third-order valence-corrected chi connectivity index (χ3v) is 2.72. The minimum absolute atomic E-state index is 0.0938. The summed E-state index contributed by atoms with van der Waals surface area (Å²) in [5.41, 5.74) is 3.41. The Kier molecular flexibility index (Phi) is 4.50. The maximum atomic E-state index is 10.8. The van der Waals surface area contributed by atoms with Crippen LogP contribution < -0.4 is 5.32 Å². The van der Waals surface area contributed by atoms with Gasteiger partial charge < -0.3 is 10.4 Å². The van der Waals surface area contributed by atoms with E-state index in [0.29, 0.717) is 0 Å². The van der Waals surface area contributed by atoms with Gasteiger partial charge in [-0.05, 0) is 37.1 Å². The van der Waals surface area contributed by atoms with Crippen LogP contribution in [0.4, 0.5) is 0 Å². The predicted molar refractivity (Wildman–Crippen MR) is 64.6 cm³/mol. The van der Waals surface area contributed by atoms with Gasteiger partial charge in [0.2, 0.25) is 0 Å². The fourth-order valence-electron chi connectivity index (χ4n) is 2.07. The molecule has 0 amide bonds. The lowest BCUT2D eigenvalue weighted by atomic mass is 9.94. The third kappa shape index (κ3) is 3.07. The first kappa shape index (κ1) is 12.7. The largest absolute Gasteiger partial charge is 0.481 e. The van der Waals surface area contributed by atoms with E-state index in [9.17, 15) is 4.79 Å². The van der Waals surface area contributed by atoms with Gasteiger partial charge in [-0.1, -0.05) is 25.1 Å². The number of carboxylic acid groups (broad SMARTS) is 1. The van der Waals surface area contributed by atoms with Gasteiger partial charge in [-0.15, -0.1) is 0 Å². The summed E-state index contributed by atoms with van der Waals surface area (Å²) in [4.78, 5) is 10.8. The number of aryl methyl sites for hydroxylation is 2. The molecule has 0 aliphatic rings. The summed E-state index contributed by atoms with van der Waals surface area (Å²) < 4.78 is 0. The summed E-state index contributed by atoms with van der Waals surface area (Å²) >= 11 is 0. The van der Waals surface area contributed by atoms with Crippen molar-refractivity contribution in [3.8, 4) is 0 Å². The van der Waals surface area contributed by atoms with Crippen molar-refractivity contribution in [2.75, 3.05) is 6.54 Å². The number of carboxylic acids is 1. The number of benzene rings is 1. The van der Waals surface area contributed by atoms with Gasteiger partial charge >= 0.3 is 5.97 Å². The van der Waals surface area contributed by atoms with Crippen LogP contribution in [-0.2, 0) is 4.79 Å². The van der Waals surface area contributed by atoms with Gasteiger partial charge in [0.05, 0.1) is 6.42 Å². The zero-order chi connectivity index (χ0) is 12.1. The molecular weight excluding hydrogens is 202 g/mol. The molecule has 1 aromatic carbocycles. The topological polar surface area (TPSA) is 49.3 Å². The van der Waals surface area contributed by atoms with Crippen molar-refractivity contribution in [2.45, 2.75) is 33.2 Å². The van der Waals surface area contributed by atoms with Crippen LogP contribution in [0.5, 0.6) is 0 Å². The normalized spacial score (nSPS) is 12.4. The third-order valence-electron chi connectivity index (χ3n) is 2.72. The SMILES string of the molecule is CCNC(CC(=O)O)c1c(C)cccc1C. The average molecular weight is 221 g/mol. The Morgan fingerprint density at radius 2 is 1.94 bits per heavy atom. The lowest BCUT2D eigenvalue weighted by Crippen LogP contribution is -2.25. The Bertz CT molecular complexity index is 354. The van der Waals surface area contributed by atoms with Crippen LogP contribution in [-0.4, -0.2) is 17.6 Å². The zero-order valence-corrected chi connectivity index (χ0v) is 10.1. The van der Waals surface area contributed by atoms with E-state index in [1.54, 1.807) is 0 Å². The maximum Gasteiger partial charge on any atom is 0.305 e. The average Bonchev–Trinajstić information content (AvgIpc) is 2.16. The molecule has 3 nitrogen and oxygen atoms in total. The summed E-state index contributed by atoms with van der Waals surface area (Å²) in [6, 6.07) is 5.95. The molecule has 2 N–H and O–H groups in total. The molecule has 1 rings (SSSR count). The summed E-state index contributed by atoms with van der Waals surface area (Å²) in [6.45, 7) is 6.80.